The minimum absolute atomic E-state index is 0.00201. The van der Waals surface area contributed by atoms with Gasteiger partial charge in [-0.2, -0.15) is 0 Å². The van der Waals surface area contributed by atoms with E-state index in [2.05, 4.69) is 4.36 Å². The van der Waals surface area contributed by atoms with Gasteiger partial charge in [0.1, 0.15) is 5.75 Å². The van der Waals surface area contributed by atoms with Crippen LogP contribution in [0.25, 0.3) is 0 Å². The molecule has 0 aliphatic carbocycles. The van der Waals surface area contributed by atoms with E-state index in [0.717, 1.165) is 11.1 Å². The Balaban J connectivity index is 2.95. The van der Waals surface area contributed by atoms with Gasteiger partial charge in [0.2, 0.25) is 0 Å². The van der Waals surface area contributed by atoms with Crippen LogP contribution >= 0.6 is 0 Å². The number of hydrogen-bond acceptors (Lipinski definition) is 4. The molecule has 2 N–H and O–H groups in total. The molecule has 0 heterocycles. The van der Waals surface area contributed by atoms with Crippen LogP contribution in [0.2, 0.25) is 0 Å². The summed E-state index contributed by atoms with van der Waals surface area (Å²) in [6.07, 6.45) is 0. The van der Waals surface area contributed by atoms with E-state index < -0.39 is 21.5 Å². The number of carboxylic acid groups (broad SMARTS) is 1. The van der Waals surface area contributed by atoms with Crippen LogP contribution < -0.4 is 0 Å². The summed E-state index contributed by atoms with van der Waals surface area (Å²) >= 11 is 0. The molecule has 18 heavy (non-hydrogen) atoms. The highest BCUT2D eigenvalue weighted by atomic mass is 32.2. The Morgan fingerprint density at radius 3 is 2.44 bits per heavy atom. The fourth-order valence-electron chi connectivity index (χ4n) is 1.49. The Bertz CT molecular complexity index is 515. The van der Waals surface area contributed by atoms with Gasteiger partial charge in [0, 0.05) is 0 Å². The number of aliphatic carboxylic acids is 1. The molecular formula is C12H17NO4S. The van der Waals surface area contributed by atoms with Crippen molar-refractivity contribution in [3.63, 3.8) is 0 Å². The number of aliphatic hydroxyl groups excluding tert-OH is 1. The van der Waals surface area contributed by atoms with Gasteiger partial charge in [-0.15, -0.1) is 0 Å². The van der Waals surface area contributed by atoms with E-state index in [1.54, 1.807) is 0 Å². The van der Waals surface area contributed by atoms with E-state index in [0.29, 0.717) is 0 Å². The van der Waals surface area contributed by atoms with E-state index >= 15 is 0 Å². The van der Waals surface area contributed by atoms with Gasteiger partial charge < -0.3 is 10.2 Å². The van der Waals surface area contributed by atoms with Crippen molar-refractivity contribution < 1.29 is 19.2 Å². The van der Waals surface area contributed by atoms with Gasteiger partial charge in [0.15, 0.2) is 0 Å². The summed E-state index contributed by atoms with van der Waals surface area (Å²) < 4.78 is 16.2. The van der Waals surface area contributed by atoms with E-state index in [4.69, 9.17) is 10.2 Å². The number of aryl methyl sites for hydroxylation is 1. The SMILES string of the molecule is Cc1ccc(CS(=O)(CC(=O)O)=NCCO)cc1. The standard InChI is InChI=1S/C12H17NO4S/c1-10-2-4-11(5-3-10)8-18(17,9-12(15)16)13-6-7-14/h2-5,14H,6-9H2,1H3,(H,15,16). The quantitative estimate of drug-likeness (QED) is 0.809. The van der Waals surface area contributed by atoms with Crippen LogP contribution in [-0.2, 0) is 20.3 Å². The Labute approximate surface area is 107 Å². The molecule has 0 spiro atoms. The van der Waals surface area contributed by atoms with E-state index in [-0.39, 0.29) is 18.9 Å². The monoisotopic (exact) mass is 271 g/mol. The first-order valence-corrected chi connectivity index (χ1v) is 7.37. The lowest BCUT2D eigenvalue weighted by Gasteiger charge is -2.08. The average molecular weight is 271 g/mol. The number of aliphatic hydroxyl groups is 1. The van der Waals surface area contributed by atoms with Crippen LogP contribution in [0.15, 0.2) is 28.6 Å². The molecule has 1 unspecified atom stereocenters. The van der Waals surface area contributed by atoms with Gasteiger partial charge in [0.25, 0.3) is 0 Å². The van der Waals surface area contributed by atoms with Crippen molar-refractivity contribution in [3.05, 3.63) is 35.4 Å². The van der Waals surface area contributed by atoms with Gasteiger partial charge in [-0.25, -0.2) is 8.57 Å². The van der Waals surface area contributed by atoms with Gasteiger partial charge in [-0.1, -0.05) is 29.8 Å². The molecule has 0 aliphatic rings. The van der Waals surface area contributed by atoms with E-state index in [9.17, 15) is 9.00 Å². The van der Waals surface area contributed by atoms with Crippen molar-refractivity contribution in [2.75, 3.05) is 18.9 Å². The second-order valence-corrected chi connectivity index (χ2v) is 6.40. The molecule has 6 heteroatoms. The first kappa shape index (κ1) is 14.7. The van der Waals surface area contributed by atoms with Gasteiger partial charge >= 0.3 is 5.97 Å². The summed E-state index contributed by atoms with van der Waals surface area (Å²) in [6, 6.07) is 7.38. The molecule has 0 aromatic heterocycles. The zero-order chi connectivity index (χ0) is 13.6. The molecule has 1 atom stereocenters. The van der Waals surface area contributed by atoms with Crippen molar-refractivity contribution in [3.8, 4) is 0 Å². The minimum atomic E-state index is -2.85. The number of rotatable bonds is 6. The molecule has 1 rings (SSSR count). The topological polar surface area (TPSA) is 87.0 Å². The number of benzene rings is 1. The number of carboxylic acids is 1. The van der Waals surface area contributed by atoms with E-state index in [1.165, 1.54) is 0 Å². The van der Waals surface area contributed by atoms with Crippen LogP contribution in [-0.4, -0.2) is 39.3 Å². The molecule has 1 aromatic rings. The fraction of sp³-hybridized carbons (Fsp3) is 0.417. The molecular weight excluding hydrogens is 254 g/mol. The first-order valence-electron chi connectivity index (χ1n) is 5.52. The third kappa shape index (κ3) is 4.85. The highest BCUT2D eigenvalue weighted by Crippen LogP contribution is 2.11. The molecule has 0 fully saturated rings. The highest BCUT2D eigenvalue weighted by Gasteiger charge is 2.15. The maximum atomic E-state index is 12.4. The predicted octanol–water partition coefficient (Wildman–Crippen LogP) is 1.04. The summed E-state index contributed by atoms with van der Waals surface area (Å²) in [4.78, 5) is 10.7. The number of carbonyl (C=O) groups is 1. The van der Waals surface area contributed by atoms with E-state index in [1.807, 2.05) is 31.2 Å². The Morgan fingerprint density at radius 1 is 1.33 bits per heavy atom. The summed E-state index contributed by atoms with van der Waals surface area (Å²) in [6.45, 7) is 1.71. The normalized spacial score (nSPS) is 13.9. The van der Waals surface area contributed by atoms with Gasteiger partial charge in [-0.05, 0) is 12.5 Å². The molecule has 1 aromatic carbocycles. The van der Waals surface area contributed by atoms with Crippen LogP contribution in [0.1, 0.15) is 11.1 Å². The number of nitrogens with zero attached hydrogens (tertiary/aromatic N) is 1. The highest BCUT2D eigenvalue weighted by molar-refractivity contribution is 7.93. The smallest absolute Gasteiger partial charge is 0.317 e. The summed E-state index contributed by atoms with van der Waals surface area (Å²) in [5.74, 6) is -1.55. The molecule has 100 valence electrons. The minimum Gasteiger partial charge on any atom is -0.481 e. The summed E-state index contributed by atoms with van der Waals surface area (Å²) in [5.41, 5.74) is 1.87. The van der Waals surface area contributed by atoms with Crippen LogP contribution in [0.4, 0.5) is 0 Å². The Morgan fingerprint density at radius 2 is 1.94 bits per heavy atom. The maximum absolute atomic E-state index is 12.4. The van der Waals surface area contributed by atoms with Crippen molar-refractivity contribution in [1.82, 2.24) is 0 Å². The van der Waals surface area contributed by atoms with Crippen molar-refractivity contribution >= 4 is 15.7 Å². The maximum Gasteiger partial charge on any atom is 0.317 e. The lowest BCUT2D eigenvalue weighted by molar-refractivity contribution is -0.134. The van der Waals surface area contributed by atoms with Gasteiger partial charge in [-0.3, -0.25) is 4.79 Å². The number of hydrogen-bond donors (Lipinski definition) is 2. The second kappa shape index (κ2) is 6.51. The zero-order valence-electron chi connectivity index (χ0n) is 10.2. The molecule has 0 aliphatic heterocycles. The second-order valence-electron chi connectivity index (χ2n) is 4.02. The summed E-state index contributed by atoms with van der Waals surface area (Å²) in [5, 5.41) is 17.5. The third-order valence-corrected chi connectivity index (χ3v) is 4.42. The molecule has 0 saturated heterocycles. The molecule has 0 bridgehead atoms. The molecule has 5 nitrogen and oxygen atoms in total. The first-order chi connectivity index (χ1) is 8.45. The lowest BCUT2D eigenvalue weighted by Crippen LogP contribution is -2.18. The average Bonchev–Trinajstić information content (AvgIpc) is 2.29. The van der Waals surface area contributed by atoms with Crippen molar-refractivity contribution in [2.45, 2.75) is 12.7 Å². The lowest BCUT2D eigenvalue weighted by atomic mass is 10.2. The molecule has 0 saturated carbocycles. The zero-order valence-corrected chi connectivity index (χ0v) is 11.0. The molecule has 0 radical (unpaired) electrons. The van der Waals surface area contributed by atoms with Crippen LogP contribution in [0.5, 0.6) is 0 Å². The molecule has 0 amide bonds. The van der Waals surface area contributed by atoms with Crippen molar-refractivity contribution in [1.29, 1.82) is 0 Å². The largest absolute Gasteiger partial charge is 0.481 e. The Hall–Kier alpha value is -1.40. The predicted molar refractivity (Wildman–Crippen MR) is 69.9 cm³/mol. The van der Waals surface area contributed by atoms with Gasteiger partial charge in [0.05, 0.1) is 28.6 Å². The fourth-order valence-corrected chi connectivity index (χ4v) is 3.29. The van der Waals surface area contributed by atoms with Crippen molar-refractivity contribution in [2.24, 2.45) is 4.36 Å². The van der Waals surface area contributed by atoms with Crippen LogP contribution in [0, 0.1) is 6.92 Å². The van der Waals surface area contributed by atoms with Crippen LogP contribution in [0.3, 0.4) is 0 Å². The Kier molecular flexibility index (Phi) is 5.30. The third-order valence-electron chi connectivity index (χ3n) is 2.29. The summed E-state index contributed by atoms with van der Waals surface area (Å²) in [7, 11) is -2.85.